The molecule has 0 aliphatic carbocycles. The van der Waals surface area contributed by atoms with Gasteiger partial charge in [0.25, 0.3) is 11.8 Å². The molecule has 1 heterocycles. The normalized spacial score (nSPS) is 11.3. The lowest BCUT2D eigenvalue weighted by molar-refractivity contribution is -0.117. The van der Waals surface area contributed by atoms with Crippen LogP contribution in [0.15, 0.2) is 78.8 Å². The molecule has 0 atom stereocenters. The average molecular weight is 448 g/mol. The lowest BCUT2D eigenvalue weighted by atomic mass is 10.1. The summed E-state index contributed by atoms with van der Waals surface area (Å²) in [6.45, 7) is 4.60. The lowest BCUT2D eigenvalue weighted by Gasteiger charge is -2.12. The average Bonchev–Trinajstić information content (AvgIpc) is 3.36. The van der Waals surface area contributed by atoms with Crippen LogP contribution < -0.4 is 15.4 Å². The maximum absolute atomic E-state index is 12.8. The Morgan fingerprint density at radius 2 is 1.70 bits per heavy atom. The first-order valence-electron chi connectivity index (χ1n) is 10.8. The number of hydrogen-bond acceptors (Lipinski definition) is 4. The van der Waals surface area contributed by atoms with Gasteiger partial charge in [-0.1, -0.05) is 26.0 Å². The van der Waals surface area contributed by atoms with Gasteiger partial charge < -0.3 is 25.0 Å². The minimum Gasteiger partial charge on any atom is -0.493 e. The largest absolute Gasteiger partial charge is 0.493 e. The summed E-state index contributed by atoms with van der Waals surface area (Å²) in [6, 6.07) is 18.2. The van der Waals surface area contributed by atoms with Gasteiger partial charge in [0.05, 0.1) is 13.2 Å². The van der Waals surface area contributed by atoms with Crippen molar-refractivity contribution in [3.63, 3.8) is 0 Å². The molecule has 0 unspecified atom stereocenters. The van der Waals surface area contributed by atoms with Crippen LogP contribution in [-0.4, -0.2) is 41.2 Å². The molecule has 0 aliphatic heterocycles. The van der Waals surface area contributed by atoms with Gasteiger partial charge in [0.1, 0.15) is 11.4 Å². The highest BCUT2D eigenvalue weighted by molar-refractivity contribution is 6.05. The monoisotopic (exact) mass is 447 g/mol. The zero-order chi connectivity index (χ0) is 23.6. The Morgan fingerprint density at radius 1 is 1.03 bits per heavy atom. The molecule has 3 aromatic rings. The SMILES string of the molecule is CC(C)COc1ccc(C(=O)N/C(=C/c2ccc(-n3cccc3)cc2)C(=O)NCCO)cc1. The smallest absolute Gasteiger partial charge is 0.267 e. The van der Waals surface area contributed by atoms with Gasteiger partial charge in [-0.05, 0) is 66.1 Å². The van der Waals surface area contributed by atoms with E-state index < -0.39 is 11.8 Å². The highest BCUT2D eigenvalue weighted by Crippen LogP contribution is 2.15. The van der Waals surface area contributed by atoms with E-state index in [2.05, 4.69) is 24.5 Å². The first-order chi connectivity index (χ1) is 16.0. The zero-order valence-corrected chi connectivity index (χ0v) is 18.8. The Kier molecular flexibility index (Phi) is 8.43. The van der Waals surface area contributed by atoms with Gasteiger partial charge in [-0.3, -0.25) is 9.59 Å². The summed E-state index contributed by atoms with van der Waals surface area (Å²) in [5, 5.41) is 14.3. The number of nitrogens with zero attached hydrogens (tertiary/aromatic N) is 1. The molecule has 1 aromatic heterocycles. The van der Waals surface area contributed by atoms with Crippen LogP contribution in [-0.2, 0) is 4.79 Å². The lowest BCUT2D eigenvalue weighted by Crippen LogP contribution is -2.36. The standard InChI is InChI=1S/C26H29N3O4/c1-19(2)18-33-23-11-7-21(8-12-23)25(31)28-24(26(32)27-13-16-30)17-20-5-9-22(10-6-20)29-14-3-4-15-29/h3-12,14-15,17,19,30H,13,16,18H2,1-2H3,(H,27,32)(H,28,31)/b24-17+. The van der Waals surface area contributed by atoms with Crippen molar-refractivity contribution in [3.05, 3.63) is 89.9 Å². The predicted molar refractivity (Wildman–Crippen MR) is 128 cm³/mol. The fourth-order valence-electron chi connectivity index (χ4n) is 3.00. The molecule has 0 fully saturated rings. The minimum absolute atomic E-state index is 0.0838. The Labute approximate surface area is 193 Å². The Morgan fingerprint density at radius 3 is 2.30 bits per heavy atom. The van der Waals surface area contributed by atoms with Crippen LogP contribution in [0.5, 0.6) is 5.75 Å². The number of hydrogen-bond donors (Lipinski definition) is 3. The molecule has 0 bridgehead atoms. The first kappa shape index (κ1) is 23.8. The second kappa shape index (κ2) is 11.7. The van der Waals surface area contributed by atoms with Gasteiger partial charge >= 0.3 is 0 Å². The maximum Gasteiger partial charge on any atom is 0.267 e. The van der Waals surface area contributed by atoms with Crippen LogP contribution in [0.4, 0.5) is 0 Å². The molecule has 0 aliphatic rings. The Hall–Kier alpha value is -3.84. The molecule has 2 amide bonds. The van der Waals surface area contributed by atoms with Crippen molar-refractivity contribution in [1.29, 1.82) is 0 Å². The number of nitrogens with one attached hydrogen (secondary N) is 2. The molecule has 2 aromatic carbocycles. The fourth-order valence-corrected chi connectivity index (χ4v) is 3.00. The number of amides is 2. The Bertz CT molecular complexity index is 1070. The van der Waals surface area contributed by atoms with E-state index >= 15 is 0 Å². The summed E-state index contributed by atoms with van der Waals surface area (Å²) in [5.74, 6) is 0.179. The minimum atomic E-state index is -0.483. The molecule has 0 radical (unpaired) electrons. The molecule has 172 valence electrons. The maximum atomic E-state index is 12.8. The van der Waals surface area contributed by atoms with E-state index in [-0.39, 0.29) is 18.8 Å². The second-order valence-corrected chi connectivity index (χ2v) is 7.90. The van der Waals surface area contributed by atoms with Crippen LogP contribution >= 0.6 is 0 Å². The van der Waals surface area contributed by atoms with Gasteiger partial charge in [-0.2, -0.15) is 0 Å². The van der Waals surface area contributed by atoms with Crippen molar-refractivity contribution in [1.82, 2.24) is 15.2 Å². The van der Waals surface area contributed by atoms with Gasteiger partial charge in [0.15, 0.2) is 0 Å². The van der Waals surface area contributed by atoms with Gasteiger partial charge in [-0.15, -0.1) is 0 Å². The number of carbonyl (C=O) groups excluding carboxylic acids is 2. The summed E-state index contributed by atoms with van der Waals surface area (Å²) in [6.07, 6.45) is 5.49. The third kappa shape index (κ3) is 7.08. The molecule has 3 rings (SSSR count). The van der Waals surface area contributed by atoms with E-state index in [1.807, 2.05) is 53.4 Å². The highest BCUT2D eigenvalue weighted by atomic mass is 16.5. The van der Waals surface area contributed by atoms with Crippen molar-refractivity contribution >= 4 is 17.9 Å². The number of rotatable bonds is 10. The number of benzene rings is 2. The number of ether oxygens (including phenoxy) is 1. The fraction of sp³-hybridized carbons (Fsp3) is 0.231. The summed E-state index contributed by atoms with van der Waals surface area (Å²) in [7, 11) is 0. The number of aliphatic hydroxyl groups excluding tert-OH is 1. The second-order valence-electron chi connectivity index (χ2n) is 7.90. The third-order valence-electron chi connectivity index (χ3n) is 4.70. The summed E-state index contributed by atoms with van der Waals surface area (Å²) >= 11 is 0. The van der Waals surface area contributed by atoms with Crippen LogP contribution in [0.1, 0.15) is 29.8 Å². The van der Waals surface area contributed by atoms with Crippen LogP contribution in [0.2, 0.25) is 0 Å². The van der Waals surface area contributed by atoms with Crippen LogP contribution in [0, 0.1) is 5.92 Å². The van der Waals surface area contributed by atoms with E-state index in [4.69, 9.17) is 9.84 Å². The summed E-state index contributed by atoms with van der Waals surface area (Å²) < 4.78 is 7.62. The van der Waals surface area contributed by atoms with E-state index in [1.54, 1.807) is 30.3 Å². The zero-order valence-electron chi connectivity index (χ0n) is 18.8. The number of aromatic nitrogens is 1. The molecule has 0 spiro atoms. The number of carbonyl (C=O) groups is 2. The van der Waals surface area contributed by atoms with Gasteiger partial charge in [0.2, 0.25) is 0 Å². The highest BCUT2D eigenvalue weighted by Gasteiger charge is 2.15. The summed E-state index contributed by atoms with van der Waals surface area (Å²) in [4.78, 5) is 25.4. The molecular weight excluding hydrogens is 418 g/mol. The van der Waals surface area contributed by atoms with Crippen LogP contribution in [0.3, 0.4) is 0 Å². The van der Waals surface area contributed by atoms with Crippen molar-refractivity contribution in [2.75, 3.05) is 19.8 Å². The van der Waals surface area contributed by atoms with Gasteiger partial charge in [-0.25, -0.2) is 0 Å². The third-order valence-corrected chi connectivity index (χ3v) is 4.70. The number of aliphatic hydroxyl groups is 1. The molecule has 33 heavy (non-hydrogen) atoms. The van der Waals surface area contributed by atoms with E-state index in [1.165, 1.54) is 0 Å². The first-order valence-corrected chi connectivity index (χ1v) is 10.8. The molecule has 3 N–H and O–H groups in total. The Balaban J connectivity index is 1.76. The molecular formula is C26H29N3O4. The van der Waals surface area contributed by atoms with E-state index in [0.717, 1.165) is 11.3 Å². The van der Waals surface area contributed by atoms with E-state index in [9.17, 15) is 9.59 Å². The van der Waals surface area contributed by atoms with Crippen LogP contribution in [0.25, 0.3) is 11.8 Å². The molecule has 7 heteroatoms. The summed E-state index contributed by atoms with van der Waals surface area (Å²) in [5.41, 5.74) is 2.21. The van der Waals surface area contributed by atoms with Crippen molar-refractivity contribution < 1.29 is 19.4 Å². The topological polar surface area (TPSA) is 92.6 Å². The molecule has 7 nitrogen and oxygen atoms in total. The molecule has 0 saturated carbocycles. The molecule has 0 saturated heterocycles. The van der Waals surface area contributed by atoms with Crippen molar-refractivity contribution in [3.8, 4) is 11.4 Å². The van der Waals surface area contributed by atoms with E-state index in [0.29, 0.717) is 23.8 Å². The van der Waals surface area contributed by atoms with Gasteiger partial charge in [0, 0.05) is 30.2 Å². The van der Waals surface area contributed by atoms with Crippen molar-refractivity contribution in [2.24, 2.45) is 5.92 Å². The van der Waals surface area contributed by atoms with Crippen molar-refractivity contribution in [2.45, 2.75) is 13.8 Å². The quantitative estimate of drug-likeness (QED) is 0.416. The predicted octanol–water partition coefficient (Wildman–Crippen LogP) is 3.39.